The van der Waals surface area contributed by atoms with Crippen LogP contribution >= 0.6 is 0 Å². The summed E-state index contributed by atoms with van der Waals surface area (Å²) < 4.78 is 58.9. The van der Waals surface area contributed by atoms with Crippen LogP contribution in [0.25, 0.3) is 0 Å². The Morgan fingerprint density at radius 2 is 1.79 bits per heavy atom. The fraction of sp³-hybridized carbons (Fsp3) is 0.381. The van der Waals surface area contributed by atoms with E-state index in [0.717, 1.165) is 0 Å². The van der Waals surface area contributed by atoms with E-state index in [1.54, 1.807) is 0 Å². The number of benzene rings is 2. The number of alkyl halides is 3. The molecule has 4 nitrogen and oxygen atoms in total. The zero-order valence-electron chi connectivity index (χ0n) is 16.1. The normalized spacial score (nSPS) is 13.7. The van der Waals surface area contributed by atoms with Gasteiger partial charge in [0.05, 0.1) is 6.42 Å². The Bertz CT molecular complexity index is 822. The molecule has 2 rings (SSSR count). The highest BCUT2D eigenvalue weighted by molar-refractivity contribution is 5.69. The summed E-state index contributed by atoms with van der Waals surface area (Å²) >= 11 is 0. The van der Waals surface area contributed by atoms with Crippen LogP contribution in [0.2, 0.25) is 0 Å². The van der Waals surface area contributed by atoms with Crippen molar-refractivity contribution in [3.63, 3.8) is 0 Å². The second kappa shape index (κ2) is 9.73. The first-order chi connectivity index (χ1) is 13.7. The van der Waals surface area contributed by atoms with Gasteiger partial charge >= 0.3 is 12.1 Å². The summed E-state index contributed by atoms with van der Waals surface area (Å²) in [6.07, 6.45) is -6.42. The lowest BCUT2D eigenvalue weighted by Gasteiger charge is -2.25. The van der Waals surface area contributed by atoms with Gasteiger partial charge < -0.3 is 15.2 Å². The number of hydrogen-bond donors (Lipinski definition) is 2. The number of carboxylic acids is 1. The van der Waals surface area contributed by atoms with Crippen LogP contribution in [0, 0.1) is 5.82 Å². The van der Waals surface area contributed by atoms with E-state index in [2.05, 4.69) is 5.32 Å². The number of aliphatic carboxylic acids is 1. The Morgan fingerprint density at radius 1 is 1.14 bits per heavy atom. The van der Waals surface area contributed by atoms with E-state index in [4.69, 9.17) is 9.84 Å². The van der Waals surface area contributed by atoms with Gasteiger partial charge in [-0.25, -0.2) is 4.39 Å². The first-order valence-electron chi connectivity index (χ1n) is 9.22. The second-order valence-corrected chi connectivity index (χ2v) is 6.56. The van der Waals surface area contributed by atoms with E-state index in [0.29, 0.717) is 17.7 Å². The lowest BCUT2D eigenvalue weighted by molar-refractivity contribution is -0.222. The van der Waals surface area contributed by atoms with Crippen molar-refractivity contribution in [3.05, 3.63) is 59.4 Å². The predicted molar refractivity (Wildman–Crippen MR) is 102 cm³/mol. The number of anilines is 2. The Labute approximate surface area is 166 Å². The van der Waals surface area contributed by atoms with Gasteiger partial charge in [0.2, 0.25) is 0 Å². The van der Waals surface area contributed by atoms with Gasteiger partial charge in [0.1, 0.15) is 5.82 Å². The maximum atomic E-state index is 13.6. The molecule has 0 fully saturated rings. The molecule has 8 heteroatoms. The van der Waals surface area contributed by atoms with Gasteiger partial charge in [-0.05, 0) is 55.2 Å². The Kier molecular flexibility index (Phi) is 7.61. The summed E-state index contributed by atoms with van der Waals surface area (Å²) in [6.45, 7) is 3.14. The molecule has 2 atom stereocenters. The van der Waals surface area contributed by atoms with Crippen molar-refractivity contribution in [3.8, 4) is 0 Å². The van der Waals surface area contributed by atoms with Gasteiger partial charge in [0.15, 0.2) is 6.10 Å². The van der Waals surface area contributed by atoms with Crippen LogP contribution in [0.1, 0.15) is 49.8 Å². The topological polar surface area (TPSA) is 58.6 Å². The van der Waals surface area contributed by atoms with Crippen LogP contribution in [0.15, 0.2) is 42.5 Å². The minimum absolute atomic E-state index is 0.127. The maximum absolute atomic E-state index is 13.6. The number of carbonyl (C=O) groups is 1. The van der Waals surface area contributed by atoms with Crippen molar-refractivity contribution in [1.82, 2.24) is 0 Å². The molecule has 0 heterocycles. The molecule has 1 unspecified atom stereocenters. The van der Waals surface area contributed by atoms with E-state index < -0.39 is 24.1 Å². The summed E-state index contributed by atoms with van der Waals surface area (Å²) in [6, 6.07) is 9.50. The summed E-state index contributed by atoms with van der Waals surface area (Å²) in [5, 5.41) is 12.0. The molecule has 0 aromatic heterocycles. The molecule has 158 valence electrons. The molecule has 0 amide bonds. The largest absolute Gasteiger partial charge is 0.481 e. The van der Waals surface area contributed by atoms with E-state index in [1.165, 1.54) is 49.4 Å². The van der Waals surface area contributed by atoms with Crippen LogP contribution in [-0.2, 0) is 9.53 Å². The number of carboxylic acid groups (broad SMARTS) is 1. The van der Waals surface area contributed by atoms with Crippen LogP contribution in [0.4, 0.5) is 28.9 Å². The third kappa shape index (κ3) is 6.19. The van der Waals surface area contributed by atoms with Crippen molar-refractivity contribution in [1.29, 1.82) is 0 Å². The molecule has 0 aliphatic carbocycles. The molecule has 0 saturated heterocycles. The SMILES string of the molecule is CCO[C@@H](c1ccc(C(CC)CC(=O)O)cc1Nc1ccc(F)cc1)C(F)(F)F. The van der Waals surface area contributed by atoms with Crippen molar-refractivity contribution < 1.29 is 32.2 Å². The standard InChI is InChI=1S/C21H23F4NO3/c1-3-13(12-19(27)28)14-5-10-17(20(29-4-2)21(23,24)25)18(11-14)26-16-8-6-15(22)7-9-16/h5-11,13,20,26H,3-4,12H2,1-2H3,(H,27,28)/t13?,20-/m0/s1. The third-order valence-corrected chi connectivity index (χ3v) is 4.50. The number of hydrogen-bond acceptors (Lipinski definition) is 3. The highest BCUT2D eigenvalue weighted by Gasteiger charge is 2.43. The average molecular weight is 413 g/mol. The molecule has 2 N–H and O–H groups in total. The van der Waals surface area contributed by atoms with E-state index in [9.17, 15) is 22.4 Å². The number of halogens is 4. The fourth-order valence-electron chi connectivity index (χ4n) is 3.09. The number of rotatable bonds is 9. The summed E-state index contributed by atoms with van der Waals surface area (Å²) in [5.41, 5.74) is 1.00. The minimum atomic E-state index is -4.64. The summed E-state index contributed by atoms with van der Waals surface area (Å²) in [4.78, 5) is 11.1. The summed E-state index contributed by atoms with van der Waals surface area (Å²) in [7, 11) is 0. The maximum Gasteiger partial charge on any atom is 0.418 e. The predicted octanol–water partition coefficient (Wildman–Crippen LogP) is 6.18. The highest BCUT2D eigenvalue weighted by atomic mass is 19.4. The lowest BCUT2D eigenvalue weighted by atomic mass is 9.91. The highest BCUT2D eigenvalue weighted by Crippen LogP contribution is 2.41. The smallest absolute Gasteiger partial charge is 0.418 e. The van der Waals surface area contributed by atoms with Gasteiger partial charge in [-0.15, -0.1) is 0 Å². The van der Waals surface area contributed by atoms with Crippen molar-refractivity contribution >= 4 is 17.3 Å². The molecule has 0 saturated carbocycles. The zero-order chi connectivity index (χ0) is 21.6. The van der Waals surface area contributed by atoms with Gasteiger partial charge in [-0.3, -0.25) is 4.79 Å². The lowest BCUT2D eigenvalue weighted by Crippen LogP contribution is -2.24. The van der Waals surface area contributed by atoms with Crippen LogP contribution in [-0.4, -0.2) is 23.9 Å². The zero-order valence-corrected chi connectivity index (χ0v) is 16.1. The Balaban J connectivity index is 2.53. The van der Waals surface area contributed by atoms with Gasteiger partial charge in [-0.2, -0.15) is 13.2 Å². The van der Waals surface area contributed by atoms with E-state index in [1.807, 2.05) is 6.92 Å². The minimum Gasteiger partial charge on any atom is -0.481 e. The summed E-state index contributed by atoms with van der Waals surface area (Å²) in [5.74, 6) is -1.82. The molecule has 0 spiro atoms. The number of ether oxygens (including phenoxy) is 1. The molecule has 0 radical (unpaired) electrons. The van der Waals surface area contributed by atoms with Crippen LogP contribution < -0.4 is 5.32 Å². The first-order valence-corrected chi connectivity index (χ1v) is 9.22. The molecular weight excluding hydrogens is 390 g/mol. The second-order valence-electron chi connectivity index (χ2n) is 6.56. The number of nitrogens with one attached hydrogen (secondary N) is 1. The van der Waals surface area contributed by atoms with Gasteiger partial charge in [0, 0.05) is 23.5 Å². The van der Waals surface area contributed by atoms with Crippen LogP contribution in [0.3, 0.4) is 0 Å². The first kappa shape index (κ1) is 22.7. The Morgan fingerprint density at radius 3 is 2.31 bits per heavy atom. The van der Waals surface area contributed by atoms with Crippen molar-refractivity contribution in [2.24, 2.45) is 0 Å². The average Bonchev–Trinajstić information content (AvgIpc) is 2.65. The molecule has 2 aromatic rings. The molecule has 29 heavy (non-hydrogen) atoms. The van der Waals surface area contributed by atoms with Gasteiger partial charge in [0.25, 0.3) is 0 Å². The van der Waals surface area contributed by atoms with Crippen LogP contribution in [0.5, 0.6) is 0 Å². The molecule has 0 aliphatic rings. The van der Waals surface area contributed by atoms with Crippen molar-refractivity contribution in [2.75, 3.05) is 11.9 Å². The van der Waals surface area contributed by atoms with Gasteiger partial charge in [-0.1, -0.05) is 19.1 Å². The van der Waals surface area contributed by atoms with Crippen molar-refractivity contribution in [2.45, 2.75) is 44.9 Å². The van der Waals surface area contributed by atoms with E-state index >= 15 is 0 Å². The third-order valence-electron chi connectivity index (χ3n) is 4.50. The fourth-order valence-corrected chi connectivity index (χ4v) is 3.09. The Hall–Kier alpha value is -2.61. The monoisotopic (exact) mass is 413 g/mol. The van der Waals surface area contributed by atoms with E-state index in [-0.39, 0.29) is 30.2 Å². The molecular formula is C21H23F4NO3. The molecule has 2 aromatic carbocycles. The molecule has 0 aliphatic heterocycles. The quantitative estimate of drug-likeness (QED) is 0.482. The molecule has 0 bridgehead atoms.